The number of fused-ring (bicyclic) bond motifs is 1. The molecular formula is C19H23NO5. The molecule has 0 atom stereocenters. The largest absolute Gasteiger partial charge is 0.486 e. The molecule has 0 spiro atoms. The molecule has 1 amide bonds. The monoisotopic (exact) mass is 345 g/mol. The summed E-state index contributed by atoms with van der Waals surface area (Å²) in [6, 6.07) is 8.80. The van der Waals surface area contributed by atoms with E-state index in [1.807, 2.05) is 0 Å². The van der Waals surface area contributed by atoms with E-state index in [4.69, 9.17) is 18.6 Å². The molecule has 1 aromatic carbocycles. The van der Waals surface area contributed by atoms with Crippen LogP contribution in [0.25, 0.3) is 0 Å². The van der Waals surface area contributed by atoms with Gasteiger partial charge in [0.25, 0.3) is 5.91 Å². The third-order valence-corrected chi connectivity index (χ3v) is 3.93. The highest BCUT2D eigenvalue weighted by Gasteiger charge is 2.14. The summed E-state index contributed by atoms with van der Waals surface area (Å²) >= 11 is 0. The maximum Gasteiger partial charge on any atom is 0.286 e. The van der Waals surface area contributed by atoms with Crippen molar-refractivity contribution in [2.75, 3.05) is 13.3 Å². The lowest BCUT2D eigenvalue weighted by atomic mass is 10.2. The van der Waals surface area contributed by atoms with Gasteiger partial charge in [-0.15, -0.1) is 0 Å². The SMILES string of the molecule is CCCCCCNC(=O)c1ccc(COc2ccc3c(c2)OCO3)o1. The molecule has 0 saturated carbocycles. The van der Waals surface area contributed by atoms with Gasteiger partial charge >= 0.3 is 0 Å². The molecule has 0 radical (unpaired) electrons. The second kappa shape index (κ2) is 8.46. The number of carbonyl (C=O) groups excluding carboxylic acids is 1. The Morgan fingerprint density at radius 1 is 1.12 bits per heavy atom. The third kappa shape index (κ3) is 4.68. The van der Waals surface area contributed by atoms with E-state index in [2.05, 4.69) is 12.2 Å². The number of ether oxygens (including phenoxy) is 3. The predicted octanol–water partition coefficient (Wildman–Crippen LogP) is 3.90. The molecule has 0 bridgehead atoms. The van der Waals surface area contributed by atoms with E-state index in [1.165, 1.54) is 12.8 Å². The van der Waals surface area contributed by atoms with Crippen LogP contribution in [0.4, 0.5) is 0 Å². The van der Waals surface area contributed by atoms with Gasteiger partial charge in [0.1, 0.15) is 18.1 Å². The van der Waals surface area contributed by atoms with Crippen LogP contribution in [-0.4, -0.2) is 19.2 Å². The molecule has 1 N–H and O–H groups in total. The van der Waals surface area contributed by atoms with Crippen LogP contribution in [0.15, 0.2) is 34.7 Å². The van der Waals surface area contributed by atoms with Crippen molar-refractivity contribution in [3.05, 3.63) is 41.9 Å². The lowest BCUT2D eigenvalue weighted by Gasteiger charge is -2.05. The van der Waals surface area contributed by atoms with Gasteiger partial charge in [-0.1, -0.05) is 26.2 Å². The van der Waals surface area contributed by atoms with Gasteiger partial charge in [0.05, 0.1) is 0 Å². The van der Waals surface area contributed by atoms with Crippen LogP contribution < -0.4 is 19.5 Å². The maximum atomic E-state index is 12.0. The smallest absolute Gasteiger partial charge is 0.286 e. The summed E-state index contributed by atoms with van der Waals surface area (Å²) in [5.74, 6) is 2.74. The fourth-order valence-corrected chi connectivity index (χ4v) is 2.54. The van der Waals surface area contributed by atoms with Crippen LogP contribution in [-0.2, 0) is 6.61 Å². The van der Waals surface area contributed by atoms with Gasteiger partial charge < -0.3 is 23.9 Å². The van der Waals surface area contributed by atoms with E-state index in [-0.39, 0.29) is 19.3 Å². The number of nitrogens with one attached hydrogen (secondary N) is 1. The summed E-state index contributed by atoms with van der Waals surface area (Å²) < 4.78 is 21.8. The predicted molar refractivity (Wildman–Crippen MR) is 92.1 cm³/mol. The first-order chi connectivity index (χ1) is 12.3. The zero-order valence-electron chi connectivity index (χ0n) is 14.4. The molecular weight excluding hydrogens is 322 g/mol. The summed E-state index contributed by atoms with van der Waals surface area (Å²) in [5.41, 5.74) is 0. The Hall–Kier alpha value is -2.63. The Kier molecular flexibility index (Phi) is 5.82. The number of hydrogen-bond donors (Lipinski definition) is 1. The van der Waals surface area contributed by atoms with Crippen LogP contribution in [0.1, 0.15) is 48.9 Å². The number of amides is 1. The molecule has 1 aromatic heterocycles. The van der Waals surface area contributed by atoms with Crippen LogP contribution in [0.2, 0.25) is 0 Å². The van der Waals surface area contributed by atoms with Crippen molar-refractivity contribution in [3.63, 3.8) is 0 Å². The standard InChI is InChI=1S/C19H23NO5/c1-2-3-4-5-10-20-19(21)17-9-7-15(25-17)12-22-14-6-8-16-18(11-14)24-13-23-16/h6-9,11H,2-5,10,12-13H2,1H3,(H,20,21). The fourth-order valence-electron chi connectivity index (χ4n) is 2.54. The highest BCUT2D eigenvalue weighted by molar-refractivity contribution is 5.91. The maximum absolute atomic E-state index is 12.0. The van der Waals surface area contributed by atoms with E-state index in [0.29, 0.717) is 35.3 Å². The number of carbonyl (C=O) groups is 1. The minimum Gasteiger partial charge on any atom is -0.486 e. The number of rotatable bonds is 9. The van der Waals surface area contributed by atoms with Gasteiger partial charge in [-0.05, 0) is 30.7 Å². The van der Waals surface area contributed by atoms with Crippen molar-refractivity contribution in [2.45, 2.75) is 39.2 Å². The zero-order valence-corrected chi connectivity index (χ0v) is 14.4. The summed E-state index contributed by atoms with van der Waals surface area (Å²) in [6.45, 7) is 3.30. The molecule has 0 fully saturated rings. The van der Waals surface area contributed by atoms with Gasteiger partial charge in [-0.2, -0.15) is 0 Å². The van der Waals surface area contributed by atoms with E-state index in [1.54, 1.807) is 30.3 Å². The first kappa shape index (κ1) is 17.2. The molecule has 25 heavy (non-hydrogen) atoms. The molecule has 2 heterocycles. The topological polar surface area (TPSA) is 69.9 Å². The summed E-state index contributed by atoms with van der Waals surface area (Å²) in [4.78, 5) is 12.0. The highest BCUT2D eigenvalue weighted by Crippen LogP contribution is 2.35. The Bertz CT molecular complexity index is 710. The van der Waals surface area contributed by atoms with Crippen LogP contribution in [0.5, 0.6) is 17.2 Å². The summed E-state index contributed by atoms with van der Waals surface area (Å²) in [6.07, 6.45) is 4.49. The molecule has 3 rings (SSSR count). The van der Waals surface area contributed by atoms with Crippen LogP contribution >= 0.6 is 0 Å². The van der Waals surface area contributed by atoms with Gasteiger partial charge in [0.15, 0.2) is 17.3 Å². The highest BCUT2D eigenvalue weighted by atomic mass is 16.7. The average Bonchev–Trinajstić information content (AvgIpc) is 3.28. The van der Waals surface area contributed by atoms with Crippen molar-refractivity contribution >= 4 is 5.91 Å². The Morgan fingerprint density at radius 2 is 2.00 bits per heavy atom. The van der Waals surface area contributed by atoms with Crippen LogP contribution in [0.3, 0.4) is 0 Å². The van der Waals surface area contributed by atoms with Gasteiger partial charge in [0.2, 0.25) is 6.79 Å². The molecule has 6 nitrogen and oxygen atoms in total. The lowest BCUT2D eigenvalue weighted by molar-refractivity contribution is 0.0921. The van der Waals surface area contributed by atoms with Gasteiger partial charge in [0, 0.05) is 12.6 Å². The molecule has 0 saturated heterocycles. The molecule has 1 aliphatic heterocycles. The molecule has 1 aliphatic rings. The Morgan fingerprint density at radius 3 is 2.88 bits per heavy atom. The Labute approximate surface area is 147 Å². The van der Waals surface area contributed by atoms with Crippen molar-refractivity contribution < 1.29 is 23.4 Å². The lowest BCUT2D eigenvalue weighted by Crippen LogP contribution is -2.23. The molecule has 134 valence electrons. The molecule has 0 aliphatic carbocycles. The van der Waals surface area contributed by atoms with E-state index in [9.17, 15) is 4.79 Å². The zero-order chi connectivity index (χ0) is 17.5. The second-order valence-electron chi connectivity index (χ2n) is 5.89. The van der Waals surface area contributed by atoms with Crippen molar-refractivity contribution in [2.24, 2.45) is 0 Å². The van der Waals surface area contributed by atoms with Gasteiger partial charge in [-0.25, -0.2) is 0 Å². The first-order valence-corrected chi connectivity index (χ1v) is 8.65. The minimum absolute atomic E-state index is 0.189. The quantitative estimate of drug-likeness (QED) is 0.698. The van der Waals surface area contributed by atoms with Crippen molar-refractivity contribution in [3.8, 4) is 17.2 Å². The van der Waals surface area contributed by atoms with E-state index < -0.39 is 0 Å². The van der Waals surface area contributed by atoms with Gasteiger partial charge in [-0.3, -0.25) is 4.79 Å². The van der Waals surface area contributed by atoms with E-state index in [0.717, 1.165) is 12.8 Å². The molecule has 0 unspecified atom stereocenters. The number of unbranched alkanes of at least 4 members (excludes halogenated alkanes) is 3. The van der Waals surface area contributed by atoms with Crippen molar-refractivity contribution in [1.82, 2.24) is 5.32 Å². The van der Waals surface area contributed by atoms with Crippen LogP contribution in [0, 0.1) is 0 Å². The Balaban J connectivity index is 1.46. The molecule has 6 heteroatoms. The third-order valence-electron chi connectivity index (χ3n) is 3.93. The number of hydrogen-bond acceptors (Lipinski definition) is 5. The van der Waals surface area contributed by atoms with Crippen molar-refractivity contribution in [1.29, 1.82) is 0 Å². The molecule has 2 aromatic rings. The second-order valence-corrected chi connectivity index (χ2v) is 5.89. The first-order valence-electron chi connectivity index (χ1n) is 8.65. The van der Waals surface area contributed by atoms with E-state index >= 15 is 0 Å². The normalized spacial score (nSPS) is 12.2. The average molecular weight is 345 g/mol. The summed E-state index contributed by atoms with van der Waals surface area (Å²) in [5, 5.41) is 2.87. The number of furan rings is 1. The fraction of sp³-hybridized carbons (Fsp3) is 0.421. The number of benzene rings is 1. The summed E-state index contributed by atoms with van der Waals surface area (Å²) in [7, 11) is 0. The minimum atomic E-state index is -0.189.